The van der Waals surface area contributed by atoms with E-state index in [0.717, 1.165) is 5.56 Å². The van der Waals surface area contributed by atoms with Gasteiger partial charge in [-0.2, -0.15) is 0 Å². The molecule has 0 unspecified atom stereocenters. The molecule has 2 aromatic rings. The van der Waals surface area contributed by atoms with Crippen LogP contribution in [0.2, 0.25) is 0 Å². The fourth-order valence-corrected chi connectivity index (χ4v) is 2.41. The summed E-state index contributed by atoms with van der Waals surface area (Å²) in [5.74, 6) is 1.01. The highest BCUT2D eigenvalue weighted by Crippen LogP contribution is 2.27. The van der Waals surface area contributed by atoms with Crippen molar-refractivity contribution in [1.29, 1.82) is 0 Å². The summed E-state index contributed by atoms with van der Waals surface area (Å²) in [6.07, 6.45) is -0.615. The first-order chi connectivity index (χ1) is 11.4. The highest BCUT2D eigenvalue weighted by molar-refractivity contribution is 5.81. The van der Waals surface area contributed by atoms with Crippen LogP contribution in [-0.4, -0.2) is 19.1 Å². The van der Waals surface area contributed by atoms with Gasteiger partial charge in [0.1, 0.15) is 0 Å². The van der Waals surface area contributed by atoms with Crippen LogP contribution in [0, 0.1) is 13.8 Å². The molecule has 2 rings (SSSR count). The molecular formula is C20H25NO3. The lowest BCUT2D eigenvalue weighted by Crippen LogP contribution is -2.37. The second-order valence-electron chi connectivity index (χ2n) is 5.98. The first-order valence-corrected chi connectivity index (χ1v) is 8.09. The van der Waals surface area contributed by atoms with Crippen LogP contribution in [0.3, 0.4) is 0 Å². The summed E-state index contributed by atoms with van der Waals surface area (Å²) in [6, 6.07) is 13.4. The van der Waals surface area contributed by atoms with E-state index in [1.165, 1.54) is 11.1 Å². The van der Waals surface area contributed by atoms with E-state index in [9.17, 15) is 4.79 Å². The maximum Gasteiger partial charge on any atom is 0.261 e. The average molecular weight is 327 g/mol. The van der Waals surface area contributed by atoms with Gasteiger partial charge in [0.15, 0.2) is 17.6 Å². The number of hydrogen-bond donors (Lipinski definition) is 1. The van der Waals surface area contributed by atoms with Crippen molar-refractivity contribution >= 4 is 5.91 Å². The zero-order valence-electron chi connectivity index (χ0n) is 14.9. The number of para-hydroxylation sites is 2. The lowest BCUT2D eigenvalue weighted by atomic mass is 10.0. The van der Waals surface area contributed by atoms with Crippen molar-refractivity contribution in [3.63, 3.8) is 0 Å². The second-order valence-corrected chi connectivity index (χ2v) is 5.98. The molecule has 2 atom stereocenters. The maximum atomic E-state index is 12.4. The molecule has 2 aromatic carbocycles. The van der Waals surface area contributed by atoms with E-state index in [-0.39, 0.29) is 11.9 Å². The summed E-state index contributed by atoms with van der Waals surface area (Å²) in [5.41, 5.74) is 3.54. The zero-order valence-corrected chi connectivity index (χ0v) is 14.9. The van der Waals surface area contributed by atoms with Gasteiger partial charge in [0, 0.05) is 0 Å². The summed E-state index contributed by atoms with van der Waals surface area (Å²) >= 11 is 0. The van der Waals surface area contributed by atoms with Crippen molar-refractivity contribution in [2.24, 2.45) is 0 Å². The summed E-state index contributed by atoms with van der Waals surface area (Å²) in [6.45, 7) is 7.85. The quantitative estimate of drug-likeness (QED) is 0.874. The number of carbonyl (C=O) groups excluding carboxylic acids is 1. The smallest absolute Gasteiger partial charge is 0.261 e. The standard InChI is InChI=1S/C20H25NO3/c1-13-10-11-17(12-14(13)2)15(3)21-20(22)16(4)24-19-9-7-6-8-18(19)23-5/h6-12,15-16H,1-5H3,(H,21,22)/t15-,16+/m1/s1. The van der Waals surface area contributed by atoms with Gasteiger partial charge in [-0.3, -0.25) is 4.79 Å². The van der Waals surface area contributed by atoms with Crippen LogP contribution in [0.15, 0.2) is 42.5 Å². The molecule has 0 radical (unpaired) electrons. The SMILES string of the molecule is COc1ccccc1O[C@@H](C)C(=O)N[C@H](C)c1ccc(C)c(C)c1. The molecule has 0 heterocycles. The Labute approximate surface area is 143 Å². The first kappa shape index (κ1) is 17.9. The molecule has 4 nitrogen and oxygen atoms in total. The molecule has 0 fully saturated rings. The third kappa shape index (κ3) is 4.28. The van der Waals surface area contributed by atoms with Gasteiger partial charge in [0.2, 0.25) is 0 Å². The average Bonchev–Trinajstić information content (AvgIpc) is 2.57. The van der Waals surface area contributed by atoms with E-state index in [1.807, 2.05) is 25.1 Å². The van der Waals surface area contributed by atoms with Crippen LogP contribution in [0.25, 0.3) is 0 Å². The van der Waals surface area contributed by atoms with Crippen molar-refractivity contribution in [2.45, 2.75) is 39.8 Å². The lowest BCUT2D eigenvalue weighted by molar-refractivity contribution is -0.127. The number of carbonyl (C=O) groups is 1. The molecule has 24 heavy (non-hydrogen) atoms. The van der Waals surface area contributed by atoms with Crippen LogP contribution in [0.1, 0.15) is 36.6 Å². The number of amides is 1. The zero-order chi connectivity index (χ0) is 17.7. The molecule has 0 saturated heterocycles. The van der Waals surface area contributed by atoms with Crippen molar-refractivity contribution in [3.8, 4) is 11.5 Å². The highest BCUT2D eigenvalue weighted by atomic mass is 16.5. The topological polar surface area (TPSA) is 47.6 Å². The molecule has 1 N–H and O–H groups in total. The number of benzene rings is 2. The Balaban J connectivity index is 2.01. The highest BCUT2D eigenvalue weighted by Gasteiger charge is 2.19. The number of ether oxygens (including phenoxy) is 2. The van der Waals surface area contributed by atoms with Gasteiger partial charge in [0.05, 0.1) is 13.2 Å². The van der Waals surface area contributed by atoms with Crippen LogP contribution in [0.5, 0.6) is 11.5 Å². The molecule has 0 aliphatic carbocycles. The Bertz CT molecular complexity index is 712. The minimum absolute atomic E-state index is 0.0829. The van der Waals surface area contributed by atoms with E-state index in [2.05, 4.69) is 31.3 Å². The lowest BCUT2D eigenvalue weighted by Gasteiger charge is -2.20. The van der Waals surface area contributed by atoms with Gasteiger partial charge < -0.3 is 14.8 Å². The van der Waals surface area contributed by atoms with Gasteiger partial charge >= 0.3 is 0 Å². The van der Waals surface area contributed by atoms with Gasteiger partial charge in [-0.1, -0.05) is 30.3 Å². The third-order valence-electron chi connectivity index (χ3n) is 4.13. The summed E-state index contributed by atoms with van der Waals surface area (Å²) < 4.78 is 11.0. The van der Waals surface area contributed by atoms with Crippen molar-refractivity contribution in [1.82, 2.24) is 5.32 Å². The molecule has 4 heteroatoms. The maximum absolute atomic E-state index is 12.4. The fraction of sp³-hybridized carbons (Fsp3) is 0.350. The van der Waals surface area contributed by atoms with Crippen molar-refractivity contribution in [3.05, 3.63) is 59.2 Å². The summed E-state index contributed by atoms with van der Waals surface area (Å²) in [7, 11) is 1.58. The largest absolute Gasteiger partial charge is 0.493 e. The molecule has 0 aromatic heterocycles. The predicted octanol–water partition coefficient (Wildman–Crippen LogP) is 3.96. The monoisotopic (exact) mass is 327 g/mol. The molecular weight excluding hydrogens is 302 g/mol. The van der Waals surface area contributed by atoms with Gasteiger partial charge in [-0.05, 0) is 56.5 Å². The number of nitrogens with one attached hydrogen (secondary N) is 1. The van der Waals surface area contributed by atoms with Gasteiger partial charge in [0.25, 0.3) is 5.91 Å². The summed E-state index contributed by atoms with van der Waals surface area (Å²) in [5, 5.41) is 3.00. The van der Waals surface area contributed by atoms with Gasteiger partial charge in [-0.25, -0.2) is 0 Å². The molecule has 0 spiro atoms. The number of hydrogen-bond acceptors (Lipinski definition) is 3. The van der Waals surface area contributed by atoms with Crippen molar-refractivity contribution in [2.75, 3.05) is 7.11 Å². The fourth-order valence-electron chi connectivity index (χ4n) is 2.41. The minimum atomic E-state index is -0.615. The Morgan fingerprint density at radius 3 is 2.29 bits per heavy atom. The number of aryl methyl sites for hydroxylation is 2. The first-order valence-electron chi connectivity index (χ1n) is 8.09. The van der Waals surface area contributed by atoms with Crippen LogP contribution < -0.4 is 14.8 Å². The Morgan fingerprint density at radius 1 is 1.00 bits per heavy atom. The predicted molar refractivity (Wildman–Crippen MR) is 95.6 cm³/mol. The molecule has 0 aliphatic heterocycles. The van der Waals surface area contributed by atoms with E-state index < -0.39 is 6.10 Å². The third-order valence-corrected chi connectivity index (χ3v) is 4.13. The number of methoxy groups -OCH3 is 1. The van der Waals surface area contributed by atoms with E-state index in [0.29, 0.717) is 11.5 Å². The molecule has 128 valence electrons. The molecule has 1 amide bonds. The van der Waals surface area contributed by atoms with E-state index >= 15 is 0 Å². The van der Waals surface area contributed by atoms with Crippen LogP contribution in [0.4, 0.5) is 0 Å². The minimum Gasteiger partial charge on any atom is -0.493 e. The molecule has 0 aliphatic rings. The van der Waals surface area contributed by atoms with Crippen LogP contribution in [-0.2, 0) is 4.79 Å². The molecule has 0 bridgehead atoms. The Kier molecular flexibility index (Phi) is 5.85. The van der Waals surface area contributed by atoms with Gasteiger partial charge in [-0.15, -0.1) is 0 Å². The second kappa shape index (κ2) is 7.86. The normalized spacial score (nSPS) is 13.0. The Hall–Kier alpha value is -2.49. The number of rotatable bonds is 6. The van der Waals surface area contributed by atoms with E-state index in [4.69, 9.17) is 9.47 Å². The Morgan fingerprint density at radius 2 is 1.67 bits per heavy atom. The summed E-state index contributed by atoms with van der Waals surface area (Å²) in [4.78, 5) is 12.4. The van der Waals surface area contributed by atoms with Crippen molar-refractivity contribution < 1.29 is 14.3 Å². The molecule has 0 saturated carbocycles. The van der Waals surface area contributed by atoms with E-state index in [1.54, 1.807) is 26.2 Å². The van der Waals surface area contributed by atoms with Crippen LogP contribution >= 0.6 is 0 Å².